The number of hydrogen-bond acceptors (Lipinski definition) is 3. The lowest BCUT2D eigenvalue weighted by Gasteiger charge is -2.27. The van der Waals surface area contributed by atoms with Crippen LogP contribution in [0, 0.1) is 0 Å². The topological polar surface area (TPSA) is 31.0 Å². The van der Waals surface area contributed by atoms with Crippen molar-refractivity contribution in [3.8, 4) is 0 Å². The molecule has 3 fully saturated rings. The first-order valence-corrected chi connectivity index (χ1v) is 5.44. The average Bonchev–Trinajstić information content (AvgIpc) is 2.56. The first-order chi connectivity index (χ1) is 6.38. The van der Waals surface area contributed by atoms with Crippen LogP contribution in [0.25, 0.3) is 0 Å². The van der Waals surface area contributed by atoms with Crippen LogP contribution in [0.4, 0.5) is 0 Å². The van der Waals surface area contributed by atoms with Gasteiger partial charge >= 0.3 is 0 Å². The zero-order valence-electron chi connectivity index (χ0n) is 9.29. The third kappa shape index (κ3) is 0.930. The quantitative estimate of drug-likeness (QED) is 0.556. The predicted octanol–water partition coefficient (Wildman–Crippen LogP) is 1.85. The van der Waals surface area contributed by atoms with Gasteiger partial charge in [0.1, 0.15) is 11.7 Å². The van der Waals surface area contributed by atoms with E-state index in [0.717, 1.165) is 12.8 Å². The van der Waals surface area contributed by atoms with Crippen molar-refractivity contribution in [2.24, 2.45) is 0 Å². The summed E-state index contributed by atoms with van der Waals surface area (Å²) in [5, 5.41) is 0. The maximum absolute atomic E-state index is 6.08. The molecule has 3 aliphatic rings. The molecule has 1 saturated carbocycles. The van der Waals surface area contributed by atoms with Crippen LogP contribution >= 0.6 is 0 Å². The highest BCUT2D eigenvalue weighted by Crippen LogP contribution is 2.61. The fraction of sp³-hybridized carbons (Fsp3) is 1.00. The SMILES string of the molecule is C[C@@H]1OC(C)(C)O[C@]12CC[C@@]1(C)O[C@@H]21. The van der Waals surface area contributed by atoms with Crippen LogP contribution in [0.5, 0.6) is 0 Å². The molecular weight excluding hydrogens is 180 g/mol. The van der Waals surface area contributed by atoms with Gasteiger partial charge in [0.2, 0.25) is 0 Å². The lowest BCUT2D eigenvalue weighted by molar-refractivity contribution is -0.167. The summed E-state index contributed by atoms with van der Waals surface area (Å²) in [4.78, 5) is 0. The van der Waals surface area contributed by atoms with Gasteiger partial charge in [-0.05, 0) is 40.5 Å². The second-order valence-electron chi connectivity index (χ2n) is 5.53. The highest BCUT2D eigenvalue weighted by molar-refractivity contribution is 5.21. The van der Waals surface area contributed by atoms with E-state index >= 15 is 0 Å². The van der Waals surface area contributed by atoms with Gasteiger partial charge in [-0.3, -0.25) is 0 Å². The number of fused-ring (bicyclic) bond motifs is 2. The van der Waals surface area contributed by atoms with E-state index in [2.05, 4.69) is 13.8 Å². The second kappa shape index (κ2) is 2.18. The molecule has 0 aromatic rings. The van der Waals surface area contributed by atoms with Crippen molar-refractivity contribution in [2.45, 2.75) is 69.7 Å². The minimum atomic E-state index is -0.448. The van der Waals surface area contributed by atoms with Crippen LogP contribution in [0.2, 0.25) is 0 Å². The molecule has 0 unspecified atom stereocenters. The van der Waals surface area contributed by atoms with Gasteiger partial charge in [0.05, 0.1) is 11.7 Å². The molecule has 0 radical (unpaired) electrons. The zero-order chi connectivity index (χ0) is 10.2. The molecule has 3 nitrogen and oxygen atoms in total. The zero-order valence-corrected chi connectivity index (χ0v) is 9.29. The highest BCUT2D eigenvalue weighted by Gasteiger charge is 2.74. The summed E-state index contributed by atoms with van der Waals surface area (Å²) in [6, 6.07) is 0. The van der Waals surface area contributed by atoms with E-state index in [-0.39, 0.29) is 23.4 Å². The van der Waals surface area contributed by atoms with Gasteiger partial charge < -0.3 is 14.2 Å². The minimum absolute atomic E-state index is 0.0814. The average molecular weight is 198 g/mol. The third-order valence-electron chi connectivity index (χ3n) is 3.92. The summed E-state index contributed by atoms with van der Waals surface area (Å²) in [7, 11) is 0. The van der Waals surface area contributed by atoms with E-state index in [0.29, 0.717) is 0 Å². The van der Waals surface area contributed by atoms with Crippen molar-refractivity contribution < 1.29 is 14.2 Å². The first kappa shape index (κ1) is 9.13. The second-order valence-corrected chi connectivity index (χ2v) is 5.53. The lowest BCUT2D eigenvalue weighted by atomic mass is 9.94. The molecule has 14 heavy (non-hydrogen) atoms. The Bertz CT molecular complexity index is 288. The van der Waals surface area contributed by atoms with Crippen LogP contribution in [0.3, 0.4) is 0 Å². The van der Waals surface area contributed by atoms with Gasteiger partial charge in [0.25, 0.3) is 0 Å². The maximum atomic E-state index is 6.08. The molecule has 3 rings (SSSR count). The summed E-state index contributed by atoms with van der Waals surface area (Å²) in [6.45, 7) is 8.24. The van der Waals surface area contributed by atoms with Crippen molar-refractivity contribution in [3.63, 3.8) is 0 Å². The maximum Gasteiger partial charge on any atom is 0.164 e. The van der Waals surface area contributed by atoms with E-state index < -0.39 is 5.79 Å². The molecule has 0 aromatic carbocycles. The molecule has 0 amide bonds. The molecule has 0 bridgehead atoms. The summed E-state index contributed by atoms with van der Waals surface area (Å²) in [6.07, 6.45) is 2.57. The van der Waals surface area contributed by atoms with Gasteiger partial charge in [0, 0.05) is 0 Å². The number of ether oxygens (including phenoxy) is 3. The Kier molecular flexibility index (Phi) is 1.42. The molecule has 2 aliphatic heterocycles. The summed E-state index contributed by atoms with van der Waals surface area (Å²) in [5.41, 5.74) is -0.0870. The number of epoxide rings is 1. The van der Waals surface area contributed by atoms with Crippen LogP contribution in [0.15, 0.2) is 0 Å². The molecule has 2 heterocycles. The van der Waals surface area contributed by atoms with Crippen LogP contribution in [-0.4, -0.2) is 29.2 Å². The molecule has 3 heteroatoms. The Morgan fingerprint density at radius 2 is 1.79 bits per heavy atom. The lowest BCUT2D eigenvalue weighted by Crippen LogP contribution is -2.42. The normalized spacial score (nSPS) is 59.1. The predicted molar refractivity (Wildman–Crippen MR) is 51.0 cm³/mol. The molecular formula is C11H18O3. The van der Waals surface area contributed by atoms with E-state index in [9.17, 15) is 0 Å². The van der Waals surface area contributed by atoms with Crippen molar-refractivity contribution in [3.05, 3.63) is 0 Å². The summed E-state index contributed by atoms with van der Waals surface area (Å²) < 4.78 is 17.6. The Balaban J connectivity index is 1.92. The molecule has 0 N–H and O–H groups in total. The molecule has 1 aliphatic carbocycles. The number of rotatable bonds is 0. The van der Waals surface area contributed by atoms with Crippen molar-refractivity contribution in [2.75, 3.05) is 0 Å². The van der Waals surface area contributed by atoms with Crippen LogP contribution in [-0.2, 0) is 14.2 Å². The molecule has 80 valence electrons. The van der Waals surface area contributed by atoms with Gasteiger partial charge in [-0.25, -0.2) is 0 Å². The molecule has 2 saturated heterocycles. The largest absolute Gasteiger partial charge is 0.363 e. The Morgan fingerprint density at radius 1 is 1.07 bits per heavy atom. The van der Waals surface area contributed by atoms with E-state index in [1.807, 2.05) is 13.8 Å². The monoisotopic (exact) mass is 198 g/mol. The summed E-state index contributed by atoms with van der Waals surface area (Å²) in [5.74, 6) is -0.448. The summed E-state index contributed by atoms with van der Waals surface area (Å²) >= 11 is 0. The first-order valence-electron chi connectivity index (χ1n) is 5.44. The Morgan fingerprint density at radius 3 is 2.14 bits per heavy atom. The van der Waals surface area contributed by atoms with E-state index in [4.69, 9.17) is 14.2 Å². The van der Waals surface area contributed by atoms with Gasteiger partial charge in [-0.15, -0.1) is 0 Å². The number of hydrogen-bond donors (Lipinski definition) is 0. The molecule has 4 atom stereocenters. The Labute approximate surface area is 84.7 Å². The van der Waals surface area contributed by atoms with Gasteiger partial charge in [-0.1, -0.05) is 0 Å². The van der Waals surface area contributed by atoms with Crippen molar-refractivity contribution in [1.29, 1.82) is 0 Å². The fourth-order valence-electron chi connectivity index (χ4n) is 3.23. The van der Waals surface area contributed by atoms with E-state index in [1.54, 1.807) is 0 Å². The Hall–Kier alpha value is -0.120. The van der Waals surface area contributed by atoms with Crippen molar-refractivity contribution in [1.82, 2.24) is 0 Å². The highest BCUT2D eigenvalue weighted by atomic mass is 16.8. The van der Waals surface area contributed by atoms with Crippen LogP contribution < -0.4 is 0 Å². The third-order valence-corrected chi connectivity index (χ3v) is 3.92. The van der Waals surface area contributed by atoms with Gasteiger partial charge in [0.15, 0.2) is 5.79 Å². The van der Waals surface area contributed by atoms with Crippen molar-refractivity contribution >= 4 is 0 Å². The van der Waals surface area contributed by atoms with Gasteiger partial charge in [-0.2, -0.15) is 0 Å². The van der Waals surface area contributed by atoms with Crippen LogP contribution in [0.1, 0.15) is 40.5 Å². The molecule has 0 aromatic heterocycles. The smallest absolute Gasteiger partial charge is 0.164 e. The standard InChI is InChI=1S/C11H18O3/c1-7-11(14-9(2,3)12-7)6-5-10(4)8(11)13-10/h7-8H,5-6H2,1-4H3/t7-,8+,10+,11+/m0/s1. The molecule has 1 spiro atoms. The fourth-order valence-corrected chi connectivity index (χ4v) is 3.23. The minimum Gasteiger partial charge on any atom is -0.363 e. The van der Waals surface area contributed by atoms with E-state index in [1.165, 1.54) is 0 Å².